The van der Waals surface area contributed by atoms with Crippen LogP contribution in [0.5, 0.6) is 23.0 Å². The molecule has 8 heteroatoms. The van der Waals surface area contributed by atoms with Crippen molar-refractivity contribution in [3.05, 3.63) is 129 Å². The van der Waals surface area contributed by atoms with Gasteiger partial charge in [-0.1, -0.05) is 162 Å². The van der Waals surface area contributed by atoms with Gasteiger partial charge in [0.15, 0.2) is 0 Å². The molecular formula is C64H78N4O4. The fourth-order valence-electron chi connectivity index (χ4n) is 10.6. The number of aryl methyl sites for hydroxylation is 1. The number of hydrogen-bond donors (Lipinski definition) is 4. The SMILES string of the molecule is CCCCc1cc(C(C)(C)C)cc(C=NC2CCCCC2N=Cc2cc3ccccc3c(-c3c(O)c(C=NC4CCCCC4N=Cc4cc(C(C)(C)C)cc(C(C)(C)C)c4O)cc4ccccc34)c2O)c1O. The number of hydrogen-bond acceptors (Lipinski definition) is 8. The van der Waals surface area contributed by atoms with Crippen LogP contribution in [0.25, 0.3) is 32.7 Å². The normalized spacial score (nSPS) is 19.5. The van der Waals surface area contributed by atoms with E-state index in [0.29, 0.717) is 28.0 Å². The Kier molecular flexibility index (Phi) is 15.5. The molecule has 2 aliphatic carbocycles. The lowest BCUT2D eigenvalue weighted by Gasteiger charge is -2.28. The summed E-state index contributed by atoms with van der Waals surface area (Å²) in [4.78, 5) is 20.6. The van der Waals surface area contributed by atoms with Crippen LogP contribution >= 0.6 is 0 Å². The molecular weight excluding hydrogens is 889 g/mol. The number of nitrogens with zero attached hydrogens (tertiary/aromatic N) is 4. The van der Waals surface area contributed by atoms with Crippen LogP contribution in [0.4, 0.5) is 0 Å². The molecule has 4 unspecified atom stereocenters. The average Bonchev–Trinajstić information content (AvgIpc) is 3.34. The fraction of sp³-hybridized carbons (Fsp3) is 0.438. The highest BCUT2D eigenvalue weighted by Gasteiger charge is 2.29. The van der Waals surface area contributed by atoms with Gasteiger partial charge in [0.25, 0.3) is 0 Å². The van der Waals surface area contributed by atoms with Gasteiger partial charge in [-0.25, -0.2) is 0 Å². The van der Waals surface area contributed by atoms with Gasteiger partial charge in [-0.15, -0.1) is 0 Å². The summed E-state index contributed by atoms with van der Waals surface area (Å²) in [7, 11) is 0. The molecule has 4 N–H and O–H groups in total. The average molecular weight is 967 g/mol. The third-order valence-electron chi connectivity index (χ3n) is 15.1. The molecule has 2 fully saturated rings. The fourth-order valence-corrected chi connectivity index (χ4v) is 10.6. The van der Waals surface area contributed by atoms with Crippen LogP contribution in [0, 0.1) is 0 Å². The monoisotopic (exact) mass is 967 g/mol. The first-order valence-electron chi connectivity index (χ1n) is 26.6. The maximum absolute atomic E-state index is 12.5. The van der Waals surface area contributed by atoms with Crippen LogP contribution in [0.2, 0.25) is 0 Å². The molecule has 2 aliphatic rings. The van der Waals surface area contributed by atoms with Crippen LogP contribution in [0.1, 0.15) is 178 Å². The first-order valence-corrected chi connectivity index (χ1v) is 26.6. The zero-order valence-corrected chi connectivity index (χ0v) is 44.6. The lowest BCUT2D eigenvalue weighted by atomic mass is 9.79. The predicted octanol–water partition coefficient (Wildman–Crippen LogP) is 15.4. The molecule has 72 heavy (non-hydrogen) atoms. The predicted molar refractivity (Wildman–Crippen MR) is 304 cm³/mol. The number of benzene rings is 6. The Hall–Kier alpha value is -6.28. The van der Waals surface area contributed by atoms with Gasteiger partial charge in [0.05, 0.1) is 24.2 Å². The lowest BCUT2D eigenvalue weighted by molar-refractivity contribution is 0.390. The van der Waals surface area contributed by atoms with E-state index in [9.17, 15) is 20.4 Å². The van der Waals surface area contributed by atoms with Crippen LogP contribution < -0.4 is 0 Å². The standard InChI is InChI=1S/C64H78N4O4/c1-11-12-21-42-32-47(62(2,3)4)33-45(58(42)69)38-67-54-28-19-17-26-52(54)65-36-43-30-40-22-13-15-24-49(40)56(60(43)71)57-50-25-16-14-23-41(50)31-44(61(57)72)37-66-53-27-18-20-29-55(53)68-39-46-34-48(63(5,6)7)35-51(59(46)70)64(8,9)10/h13-16,22-25,30-39,52-55,69-72H,11-12,17-21,26-29H2,1-10H3. The summed E-state index contributed by atoms with van der Waals surface area (Å²) in [5.41, 5.74) is 7.45. The van der Waals surface area contributed by atoms with Gasteiger partial charge >= 0.3 is 0 Å². The lowest BCUT2D eigenvalue weighted by Crippen LogP contribution is -2.27. The van der Waals surface area contributed by atoms with E-state index in [0.717, 1.165) is 120 Å². The summed E-state index contributed by atoms with van der Waals surface area (Å²) in [6.07, 6.45) is 17.8. The Labute approximate surface area is 428 Å². The summed E-state index contributed by atoms with van der Waals surface area (Å²) in [5.74, 6) is 0.670. The molecule has 8 rings (SSSR count). The van der Waals surface area contributed by atoms with E-state index in [4.69, 9.17) is 20.0 Å². The van der Waals surface area contributed by atoms with Crippen molar-refractivity contribution in [3.63, 3.8) is 0 Å². The maximum atomic E-state index is 12.5. The second kappa shape index (κ2) is 21.4. The number of phenols is 4. The van der Waals surface area contributed by atoms with Crippen molar-refractivity contribution in [3.8, 4) is 34.1 Å². The van der Waals surface area contributed by atoms with Gasteiger partial charge in [0.2, 0.25) is 0 Å². The van der Waals surface area contributed by atoms with E-state index < -0.39 is 0 Å². The third-order valence-corrected chi connectivity index (χ3v) is 15.1. The molecule has 0 aliphatic heterocycles. The Morgan fingerprint density at radius 3 is 1.22 bits per heavy atom. The number of aliphatic imine (C=N–C) groups is 4. The van der Waals surface area contributed by atoms with Gasteiger partial charge < -0.3 is 20.4 Å². The van der Waals surface area contributed by atoms with Crippen LogP contribution in [0.15, 0.2) is 105 Å². The van der Waals surface area contributed by atoms with Gasteiger partial charge in [0, 0.05) is 63.8 Å². The first-order chi connectivity index (χ1) is 34.2. The molecule has 2 saturated carbocycles. The van der Waals surface area contributed by atoms with Crippen molar-refractivity contribution in [2.75, 3.05) is 0 Å². The Bertz CT molecular complexity index is 3050. The molecule has 6 aromatic carbocycles. The summed E-state index contributed by atoms with van der Waals surface area (Å²) in [5, 5.41) is 51.4. The summed E-state index contributed by atoms with van der Waals surface area (Å²) >= 11 is 0. The number of aromatic hydroxyl groups is 4. The zero-order chi connectivity index (χ0) is 51.5. The van der Waals surface area contributed by atoms with Crippen molar-refractivity contribution in [1.29, 1.82) is 0 Å². The largest absolute Gasteiger partial charge is 0.507 e. The van der Waals surface area contributed by atoms with Crippen LogP contribution in [-0.4, -0.2) is 69.5 Å². The second-order valence-electron chi connectivity index (χ2n) is 23.7. The minimum Gasteiger partial charge on any atom is -0.507 e. The van der Waals surface area contributed by atoms with E-state index in [1.807, 2.05) is 73.1 Å². The summed E-state index contributed by atoms with van der Waals surface area (Å²) in [6.45, 7) is 21.7. The van der Waals surface area contributed by atoms with Gasteiger partial charge in [-0.3, -0.25) is 20.0 Å². The minimum absolute atomic E-state index is 0.0415. The molecule has 0 heterocycles. The Morgan fingerprint density at radius 2 is 0.833 bits per heavy atom. The quantitative estimate of drug-likeness (QED) is 0.0910. The third kappa shape index (κ3) is 11.5. The summed E-state index contributed by atoms with van der Waals surface area (Å²) in [6, 6.07) is 27.9. The van der Waals surface area contributed by atoms with Gasteiger partial charge in [0.1, 0.15) is 23.0 Å². The van der Waals surface area contributed by atoms with Gasteiger partial charge in [-0.05, 0) is 117 Å². The zero-order valence-electron chi connectivity index (χ0n) is 44.6. The highest BCUT2D eigenvalue weighted by atomic mass is 16.3. The molecule has 4 atom stereocenters. The smallest absolute Gasteiger partial charge is 0.132 e. The number of unbranched alkanes of at least 4 members (excludes halogenated alkanes) is 1. The molecule has 0 bridgehead atoms. The van der Waals surface area contributed by atoms with Crippen molar-refractivity contribution in [2.24, 2.45) is 20.0 Å². The molecule has 0 spiro atoms. The molecule has 378 valence electrons. The molecule has 0 radical (unpaired) electrons. The molecule has 0 amide bonds. The van der Waals surface area contributed by atoms with E-state index >= 15 is 0 Å². The molecule has 6 aromatic rings. The minimum atomic E-state index is -0.246. The molecule has 0 aromatic heterocycles. The van der Waals surface area contributed by atoms with Crippen molar-refractivity contribution in [1.82, 2.24) is 0 Å². The number of phenolic OH excluding ortho intramolecular Hbond substituents is 4. The van der Waals surface area contributed by atoms with Gasteiger partial charge in [-0.2, -0.15) is 0 Å². The highest BCUT2D eigenvalue weighted by Crippen LogP contribution is 2.47. The summed E-state index contributed by atoms with van der Waals surface area (Å²) < 4.78 is 0. The van der Waals surface area contributed by atoms with Crippen molar-refractivity contribution >= 4 is 46.4 Å². The Balaban J connectivity index is 1.14. The first kappa shape index (κ1) is 52.1. The van der Waals surface area contributed by atoms with E-state index in [2.05, 4.69) is 93.5 Å². The van der Waals surface area contributed by atoms with Crippen LogP contribution in [0.3, 0.4) is 0 Å². The number of rotatable bonds is 12. The van der Waals surface area contributed by atoms with E-state index in [-0.39, 0.29) is 57.7 Å². The van der Waals surface area contributed by atoms with Crippen molar-refractivity contribution in [2.45, 2.75) is 180 Å². The topological polar surface area (TPSA) is 130 Å². The number of fused-ring (bicyclic) bond motifs is 2. The second-order valence-corrected chi connectivity index (χ2v) is 23.7. The van der Waals surface area contributed by atoms with E-state index in [1.165, 1.54) is 5.56 Å². The van der Waals surface area contributed by atoms with E-state index in [1.54, 1.807) is 12.4 Å². The Morgan fingerprint density at radius 1 is 0.458 bits per heavy atom. The van der Waals surface area contributed by atoms with Crippen molar-refractivity contribution < 1.29 is 20.4 Å². The highest BCUT2D eigenvalue weighted by molar-refractivity contribution is 6.14. The van der Waals surface area contributed by atoms with Crippen LogP contribution in [-0.2, 0) is 22.7 Å². The maximum Gasteiger partial charge on any atom is 0.132 e. The molecule has 0 saturated heterocycles. The molecule has 8 nitrogen and oxygen atoms in total.